The molecular weight excluding hydrogens is 282 g/mol. The topological polar surface area (TPSA) is 93.3 Å². The number of nitrogens with zero attached hydrogens (tertiary/aromatic N) is 4. The summed E-state index contributed by atoms with van der Waals surface area (Å²) >= 11 is 0. The molecule has 7 heteroatoms. The third-order valence-corrected chi connectivity index (χ3v) is 2.72. The molecule has 0 aliphatic rings. The van der Waals surface area contributed by atoms with Crippen LogP contribution in [0, 0.1) is 24.0 Å². The van der Waals surface area contributed by atoms with E-state index in [1.165, 1.54) is 12.3 Å². The van der Waals surface area contributed by atoms with Crippen LogP contribution in [-0.2, 0) is 0 Å². The quantitative estimate of drug-likeness (QED) is 0.520. The van der Waals surface area contributed by atoms with E-state index in [0.29, 0.717) is 11.5 Å². The summed E-state index contributed by atoms with van der Waals surface area (Å²) < 4.78 is 0. The highest BCUT2D eigenvalue weighted by molar-refractivity contribution is 5.80. The highest BCUT2D eigenvalue weighted by atomic mass is 16.6. The average Bonchev–Trinajstić information content (AvgIpc) is 2.46. The van der Waals surface area contributed by atoms with Crippen molar-refractivity contribution in [2.24, 2.45) is 5.10 Å². The van der Waals surface area contributed by atoms with E-state index in [1.807, 2.05) is 19.9 Å². The Labute approximate surface area is 127 Å². The molecule has 0 saturated heterocycles. The van der Waals surface area contributed by atoms with Crippen LogP contribution in [0.3, 0.4) is 0 Å². The second-order valence-electron chi connectivity index (χ2n) is 4.54. The molecule has 7 nitrogen and oxygen atoms in total. The minimum absolute atomic E-state index is 0.0535. The van der Waals surface area contributed by atoms with Gasteiger partial charge in [0.15, 0.2) is 0 Å². The standard InChI is InChI=1S/C15H15N5O2/c1-11-10-12(2)18-15(17-11)19-16-9-5-7-13-6-3-4-8-14(13)20(21)22/h3-10H,1-2H3,(H,17,18,19)/b7-5+,16-9+. The van der Waals surface area contributed by atoms with Gasteiger partial charge < -0.3 is 0 Å². The van der Waals surface area contributed by atoms with Gasteiger partial charge in [0.05, 0.1) is 10.5 Å². The Hall–Kier alpha value is -3.09. The number of nitrogens with one attached hydrogen (secondary N) is 1. The molecule has 22 heavy (non-hydrogen) atoms. The number of aryl methyl sites for hydroxylation is 2. The minimum Gasteiger partial charge on any atom is -0.258 e. The van der Waals surface area contributed by atoms with Crippen molar-refractivity contribution in [1.29, 1.82) is 0 Å². The third-order valence-electron chi connectivity index (χ3n) is 2.72. The monoisotopic (exact) mass is 297 g/mol. The van der Waals surface area contributed by atoms with Gasteiger partial charge in [-0.05, 0) is 38.1 Å². The van der Waals surface area contributed by atoms with E-state index in [-0.39, 0.29) is 5.69 Å². The molecule has 0 spiro atoms. The third kappa shape index (κ3) is 4.20. The fourth-order valence-corrected chi connectivity index (χ4v) is 1.86. The molecule has 1 heterocycles. The Morgan fingerprint density at radius 2 is 1.91 bits per heavy atom. The summed E-state index contributed by atoms with van der Waals surface area (Å²) in [6.45, 7) is 3.75. The maximum atomic E-state index is 10.9. The van der Waals surface area contributed by atoms with Crippen molar-refractivity contribution in [1.82, 2.24) is 9.97 Å². The first-order valence-electron chi connectivity index (χ1n) is 6.58. The number of benzene rings is 1. The van der Waals surface area contributed by atoms with Gasteiger partial charge in [0.25, 0.3) is 5.69 Å². The number of hydrogen-bond donors (Lipinski definition) is 1. The van der Waals surface area contributed by atoms with E-state index in [1.54, 1.807) is 30.4 Å². The Morgan fingerprint density at radius 1 is 1.23 bits per heavy atom. The lowest BCUT2D eigenvalue weighted by Gasteiger charge is -2.00. The molecule has 2 rings (SSSR count). The summed E-state index contributed by atoms with van der Waals surface area (Å²) in [5.74, 6) is 0.410. The Balaban J connectivity index is 2.02. The van der Waals surface area contributed by atoms with Gasteiger partial charge in [-0.25, -0.2) is 15.4 Å². The zero-order chi connectivity index (χ0) is 15.9. The van der Waals surface area contributed by atoms with E-state index < -0.39 is 4.92 Å². The Bertz CT molecular complexity index is 720. The summed E-state index contributed by atoms with van der Waals surface area (Å²) in [4.78, 5) is 18.8. The zero-order valence-electron chi connectivity index (χ0n) is 12.2. The van der Waals surface area contributed by atoms with Crippen molar-refractivity contribution >= 4 is 23.9 Å². The van der Waals surface area contributed by atoms with Gasteiger partial charge in [0.1, 0.15) is 0 Å². The normalized spacial score (nSPS) is 11.2. The van der Waals surface area contributed by atoms with Crippen molar-refractivity contribution in [3.63, 3.8) is 0 Å². The number of para-hydroxylation sites is 1. The first-order valence-corrected chi connectivity index (χ1v) is 6.58. The minimum atomic E-state index is -0.418. The summed E-state index contributed by atoms with van der Waals surface area (Å²) in [5.41, 5.74) is 4.98. The lowest BCUT2D eigenvalue weighted by Crippen LogP contribution is -1.98. The molecule has 0 amide bonds. The fraction of sp³-hybridized carbons (Fsp3) is 0.133. The Morgan fingerprint density at radius 3 is 2.59 bits per heavy atom. The van der Waals surface area contributed by atoms with Crippen LogP contribution in [0.15, 0.2) is 41.5 Å². The average molecular weight is 297 g/mol. The van der Waals surface area contributed by atoms with Crippen molar-refractivity contribution in [2.45, 2.75) is 13.8 Å². The molecule has 0 aliphatic heterocycles. The van der Waals surface area contributed by atoms with E-state index in [0.717, 1.165) is 11.4 Å². The molecule has 1 aromatic carbocycles. The number of nitro benzene ring substituents is 1. The molecule has 112 valence electrons. The van der Waals surface area contributed by atoms with Crippen LogP contribution in [0.1, 0.15) is 17.0 Å². The number of nitro groups is 1. The molecule has 0 bridgehead atoms. The van der Waals surface area contributed by atoms with Gasteiger partial charge in [-0.2, -0.15) is 5.10 Å². The predicted molar refractivity (Wildman–Crippen MR) is 85.8 cm³/mol. The van der Waals surface area contributed by atoms with Crippen molar-refractivity contribution in [3.05, 3.63) is 63.5 Å². The van der Waals surface area contributed by atoms with Gasteiger partial charge in [0, 0.05) is 23.7 Å². The van der Waals surface area contributed by atoms with Crippen LogP contribution in [0.5, 0.6) is 0 Å². The molecule has 0 aliphatic carbocycles. The van der Waals surface area contributed by atoms with E-state index in [2.05, 4.69) is 20.5 Å². The van der Waals surface area contributed by atoms with Crippen LogP contribution in [0.25, 0.3) is 6.08 Å². The summed E-state index contributed by atoms with van der Waals surface area (Å²) in [7, 11) is 0. The highest BCUT2D eigenvalue weighted by Gasteiger charge is 2.08. The lowest BCUT2D eigenvalue weighted by atomic mass is 10.2. The molecule has 0 fully saturated rings. The molecule has 0 radical (unpaired) electrons. The molecule has 0 saturated carbocycles. The summed E-state index contributed by atoms with van der Waals surface area (Å²) in [6.07, 6.45) is 4.71. The van der Waals surface area contributed by atoms with Crippen molar-refractivity contribution in [3.8, 4) is 0 Å². The number of aromatic nitrogens is 2. The van der Waals surface area contributed by atoms with E-state index in [9.17, 15) is 10.1 Å². The van der Waals surface area contributed by atoms with Gasteiger partial charge in [-0.15, -0.1) is 0 Å². The van der Waals surface area contributed by atoms with Crippen molar-refractivity contribution < 1.29 is 4.92 Å². The molecular formula is C15H15N5O2. The Kier molecular flexibility index (Phi) is 4.92. The van der Waals surface area contributed by atoms with Gasteiger partial charge in [-0.1, -0.05) is 12.1 Å². The predicted octanol–water partition coefficient (Wildman–Crippen LogP) is 3.11. The van der Waals surface area contributed by atoms with Crippen LogP contribution in [0.4, 0.5) is 11.6 Å². The van der Waals surface area contributed by atoms with E-state index in [4.69, 9.17) is 0 Å². The molecule has 0 atom stereocenters. The van der Waals surface area contributed by atoms with Crippen LogP contribution in [0.2, 0.25) is 0 Å². The van der Waals surface area contributed by atoms with Crippen LogP contribution in [-0.4, -0.2) is 21.1 Å². The first kappa shape index (κ1) is 15.3. The first-order chi connectivity index (χ1) is 10.6. The van der Waals surface area contributed by atoms with Crippen LogP contribution >= 0.6 is 0 Å². The lowest BCUT2D eigenvalue weighted by molar-refractivity contribution is -0.385. The maximum Gasteiger partial charge on any atom is 0.276 e. The van der Waals surface area contributed by atoms with Gasteiger partial charge in [0.2, 0.25) is 5.95 Å². The fourth-order valence-electron chi connectivity index (χ4n) is 1.86. The van der Waals surface area contributed by atoms with Crippen molar-refractivity contribution in [2.75, 3.05) is 5.43 Å². The highest BCUT2D eigenvalue weighted by Crippen LogP contribution is 2.18. The van der Waals surface area contributed by atoms with Gasteiger partial charge in [-0.3, -0.25) is 10.1 Å². The number of anilines is 1. The largest absolute Gasteiger partial charge is 0.276 e. The number of hydrogen-bond acceptors (Lipinski definition) is 6. The van der Waals surface area contributed by atoms with E-state index >= 15 is 0 Å². The smallest absolute Gasteiger partial charge is 0.258 e. The SMILES string of the molecule is Cc1cc(C)nc(N/N=C/C=C/c2ccccc2[N+](=O)[O-])n1. The summed E-state index contributed by atoms with van der Waals surface area (Å²) in [5, 5.41) is 14.8. The summed E-state index contributed by atoms with van der Waals surface area (Å²) in [6, 6.07) is 8.36. The molecule has 1 aromatic heterocycles. The number of allylic oxidation sites excluding steroid dienone is 1. The number of rotatable bonds is 5. The van der Waals surface area contributed by atoms with Crippen LogP contribution < -0.4 is 5.43 Å². The second-order valence-corrected chi connectivity index (χ2v) is 4.54. The van der Waals surface area contributed by atoms with Gasteiger partial charge >= 0.3 is 0 Å². The molecule has 2 aromatic rings. The molecule has 0 unspecified atom stereocenters. The zero-order valence-corrected chi connectivity index (χ0v) is 12.2. The second kappa shape index (κ2) is 7.07. The molecule has 1 N–H and O–H groups in total. The number of hydrazone groups is 1. The maximum absolute atomic E-state index is 10.9.